The third kappa shape index (κ3) is 3.85. The van der Waals surface area contributed by atoms with Gasteiger partial charge in [-0.05, 0) is 35.4 Å². The van der Waals surface area contributed by atoms with E-state index in [0.717, 1.165) is 55.3 Å². The van der Waals surface area contributed by atoms with Crippen molar-refractivity contribution in [1.82, 2.24) is 14.5 Å². The number of hydrogen-bond donors (Lipinski definition) is 0. The Morgan fingerprint density at radius 3 is 1.80 bits per heavy atom. The molecular formula is C40H25N3O. The van der Waals surface area contributed by atoms with Crippen LogP contribution in [0.4, 0.5) is 0 Å². The molecule has 0 aliphatic heterocycles. The monoisotopic (exact) mass is 563 g/mol. The predicted octanol–water partition coefficient (Wildman–Crippen LogP) is 10.5. The normalized spacial score (nSPS) is 11.6. The second-order valence-corrected chi connectivity index (χ2v) is 11.0. The zero-order valence-corrected chi connectivity index (χ0v) is 23.7. The van der Waals surface area contributed by atoms with Crippen molar-refractivity contribution in [2.45, 2.75) is 0 Å². The van der Waals surface area contributed by atoms with Gasteiger partial charge in [-0.3, -0.25) is 0 Å². The molecule has 0 N–H and O–H groups in total. The van der Waals surface area contributed by atoms with Crippen molar-refractivity contribution < 1.29 is 4.42 Å². The third-order valence-electron chi connectivity index (χ3n) is 8.44. The van der Waals surface area contributed by atoms with Crippen LogP contribution in [0.5, 0.6) is 0 Å². The number of nitrogens with zero attached hydrogens (tertiary/aromatic N) is 3. The van der Waals surface area contributed by atoms with E-state index in [1.54, 1.807) is 0 Å². The van der Waals surface area contributed by atoms with Crippen LogP contribution in [0.1, 0.15) is 0 Å². The number of hydrogen-bond acceptors (Lipinski definition) is 3. The number of benzene rings is 6. The molecule has 4 heteroatoms. The summed E-state index contributed by atoms with van der Waals surface area (Å²) in [5, 5.41) is 4.29. The minimum Gasteiger partial charge on any atom is -0.437 e. The van der Waals surface area contributed by atoms with Crippen molar-refractivity contribution in [3.05, 3.63) is 152 Å². The maximum atomic E-state index is 6.58. The molecular weight excluding hydrogens is 538 g/mol. The smallest absolute Gasteiger partial charge is 0.231 e. The standard InChI is InChI=1S/C40H25N3O/c1-4-12-26(13-5-1)27-20-22-30(23-21-27)43-34-19-11-10-18-31(34)32-24-33-36(25-35(32)43)44-40-37(33)38(28-14-6-2-7-15-28)41-39(42-40)29-16-8-3-9-17-29/h1-25H. The molecule has 0 spiro atoms. The molecule has 0 radical (unpaired) electrons. The maximum Gasteiger partial charge on any atom is 0.231 e. The lowest BCUT2D eigenvalue weighted by molar-refractivity contribution is 0.654. The molecule has 3 heterocycles. The maximum absolute atomic E-state index is 6.58. The highest BCUT2D eigenvalue weighted by molar-refractivity contribution is 6.19. The van der Waals surface area contributed by atoms with E-state index in [-0.39, 0.29) is 0 Å². The lowest BCUT2D eigenvalue weighted by atomic mass is 10.0. The molecule has 6 aromatic carbocycles. The highest BCUT2D eigenvalue weighted by atomic mass is 16.3. The van der Waals surface area contributed by atoms with Crippen LogP contribution in [0, 0.1) is 0 Å². The summed E-state index contributed by atoms with van der Waals surface area (Å²) in [6.45, 7) is 0. The third-order valence-corrected chi connectivity index (χ3v) is 8.44. The van der Waals surface area contributed by atoms with Gasteiger partial charge < -0.3 is 8.98 Å². The van der Waals surface area contributed by atoms with Crippen LogP contribution in [0.15, 0.2) is 156 Å². The van der Waals surface area contributed by atoms with E-state index in [9.17, 15) is 0 Å². The van der Waals surface area contributed by atoms with Gasteiger partial charge in [0.2, 0.25) is 5.71 Å². The van der Waals surface area contributed by atoms with Gasteiger partial charge >= 0.3 is 0 Å². The van der Waals surface area contributed by atoms with Crippen LogP contribution in [-0.2, 0) is 0 Å². The summed E-state index contributed by atoms with van der Waals surface area (Å²) >= 11 is 0. The Labute approximate surface area is 253 Å². The van der Waals surface area contributed by atoms with Crippen molar-refractivity contribution in [2.75, 3.05) is 0 Å². The molecule has 206 valence electrons. The summed E-state index contributed by atoms with van der Waals surface area (Å²) in [6.07, 6.45) is 0. The molecule has 44 heavy (non-hydrogen) atoms. The van der Waals surface area contributed by atoms with Crippen LogP contribution >= 0.6 is 0 Å². The van der Waals surface area contributed by atoms with E-state index in [0.29, 0.717) is 11.5 Å². The number of fused-ring (bicyclic) bond motifs is 6. The van der Waals surface area contributed by atoms with Crippen molar-refractivity contribution in [3.8, 4) is 39.5 Å². The number of aromatic nitrogens is 3. The van der Waals surface area contributed by atoms with Crippen LogP contribution in [-0.4, -0.2) is 14.5 Å². The Kier molecular flexibility index (Phi) is 5.47. The first kappa shape index (κ1) is 24.6. The molecule has 9 aromatic rings. The summed E-state index contributed by atoms with van der Waals surface area (Å²) in [6, 6.07) is 52.6. The highest BCUT2D eigenvalue weighted by Crippen LogP contribution is 2.41. The SMILES string of the molecule is c1ccc(-c2ccc(-n3c4ccccc4c4cc5c(cc43)oc3nc(-c4ccccc4)nc(-c4ccccc4)c35)cc2)cc1. The number of furan rings is 1. The second-order valence-electron chi connectivity index (χ2n) is 11.0. The van der Waals surface area contributed by atoms with Gasteiger partial charge in [0.25, 0.3) is 0 Å². The van der Waals surface area contributed by atoms with Crippen LogP contribution in [0.3, 0.4) is 0 Å². The van der Waals surface area contributed by atoms with Crippen molar-refractivity contribution in [1.29, 1.82) is 0 Å². The van der Waals surface area contributed by atoms with Gasteiger partial charge in [-0.1, -0.05) is 121 Å². The zero-order chi connectivity index (χ0) is 29.0. The molecule has 0 fully saturated rings. The predicted molar refractivity (Wildman–Crippen MR) is 180 cm³/mol. The van der Waals surface area contributed by atoms with E-state index in [4.69, 9.17) is 14.4 Å². The average molecular weight is 564 g/mol. The molecule has 0 aliphatic rings. The molecule has 4 nitrogen and oxygen atoms in total. The number of para-hydroxylation sites is 1. The van der Waals surface area contributed by atoms with Gasteiger partial charge in [0.05, 0.1) is 22.1 Å². The minimum absolute atomic E-state index is 0.587. The largest absolute Gasteiger partial charge is 0.437 e. The Morgan fingerprint density at radius 2 is 1.07 bits per heavy atom. The molecule has 0 bridgehead atoms. The summed E-state index contributed by atoms with van der Waals surface area (Å²) in [7, 11) is 0. The van der Waals surface area contributed by atoms with Gasteiger partial charge in [-0.15, -0.1) is 0 Å². The van der Waals surface area contributed by atoms with E-state index in [1.807, 2.05) is 54.6 Å². The average Bonchev–Trinajstić information content (AvgIpc) is 3.62. The van der Waals surface area contributed by atoms with E-state index < -0.39 is 0 Å². The first-order valence-corrected chi connectivity index (χ1v) is 14.8. The quantitative estimate of drug-likeness (QED) is 0.214. The molecule has 0 saturated carbocycles. The topological polar surface area (TPSA) is 43.9 Å². The Balaban J connectivity index is 1.31. The Bertz CT molecular complexity index is 2460. The zero-order valence-electron chi connectivity index (χ0n) is 23.7. The van der Waals surface area contributed by atoms with E-state index in [2.05, 4.69) is 102 Å². The highest BCUT2D eigenvalue weighted by Gasteiger charge is 2.21. The molecule has 0 amide bonds. The first-order valence-electron chi connectivity index (χ1n) is 14.8. The molecule has 0 aliphatic carbocycles. The van der Waals surface area contributed by atoms with Crippen LogP contribution in [0.25, 0.3) is 83.3 Å². The molecule has 0 unspecified atom stereocenters. The van der Waals surface area contributed by atoms with Crippen LogP contribution < -0.4 is 0 Å². The fourth-order valence-corrected chi connectivity index (χ4v) is 6.37. The van der Waals surface area contributed by atoms with Gasteiger partial charge in [0.15, 0.2) is 5.82 Å². The fraction of sp³-hybridized carbons (Fsp3) is 0. The van der Waals surface area contributed by atoms with E-state index in [1.165, 1.54) is 16.5 Å². The van der Waals surface area contributed by atoms with Gasteiger partial charge in [0.1, 0.15) is 5.58 Å². The van der Waals surface area contributed by atoms with Gasteiger partial charge in [-0.25, -0.2) is 4.98 Å². The van der Waals surface area contributed by atoms with Crippen molar-refractivity contribution in [2.24, 2.45) is 0 Å². The lowest BCUT2D eigenvalue weighted by Gasteiger charge is -2.09. The Hall–Kier alpha value is -6.00. The summed E-state index contributed by atoms with van der Waals surface area (Å²) < 4.78 is 8.91. The number of rotatable bonds is 4. The van der Waals surface area contributed by atoms with Crippen molar-refractivity contribution >= 4 is 43.9 Å². The fourth-order valence-electron chi connectivity index (χ4n) is 6.37. The molecule has 0 saturated heterocycles. The second kappa shape index (κ2) is 9.79. The summed E-state index contributed by atoms with van der Waals surface area (Å²) in [4.78, 5) is 10.1. The first-order chi connectivity index (χ1) is 21.8. The van der Waals surface area contributed by atoms with Crippen molar-refractivity contribution in [3.63, 3.8) is 0 Å². The van der Waals surface area contributed by atoms with Crippen LogP contribution in [0.2, 0.25) is 0 Å². The van der Waals surface area contributed by atoms with Gasteiger partial charge in [0, 0.05) is 39.0 Å². The minimum atomic E-state index is 0.587. The molecule has 9 rings (SSSR count). The molecule has 0 atom stereocenters. The van der Waals surface area contributed by atoms with E-state index >= 15 is 0 Å². The summed E-state index contributed by atoms with van der Waals surface area (Å²) in [5.41, 5.74) is 9.95. The lowest BCUT2D eigenvalue weighted by Crippen LogP contribution is -1.94. The summed E-state index contributed by atoms with van der Waals surface area (Å²) in [5.74, 6) is 0.647. The van der Waals surface area contributed by atoms with Gasteiger partial charge in [-0.2, -0.15) is 4.98 Å². The molecule has 3 aromatic heterocycles. The Morgan fingerprint density at radius 1 is 0.455 bits per heavy atom.